The van der Waals surface area contributed by atoms with Gasteiger partial charge in [0.25, 0.3) is 5.91 Å². The fourth-order valence-corrected chi connectivity index (χ4v) is 2.04. The lowest BCUT2D eigenvalue weighted by Crippen LogP contribution is -2.31. The van der Waals surface area contributed by atoms with E-state index in [1.165, 1.54) is 5.56 Å². The third kappa shape index (κ3) is 2.25. The summed E-state index contributed by atoms with van der Waals surface area (Å²) in [5.74, 6) is 0.107. The minimum Gasteiger partial charge on any atom is -0.337 e. The zero-order valence-corrected chi connectivity index (χ0v) is 9.65. The van der Waals surface area contributed by atoms with Crippen LogP contribution in [0.25, 0.3) is 0 Å². The predicted octanol–water partition coefficient (Wildman–Crippen LogP) is 1.42. The maximum atomic E-state index is 12.1. The van der Waals surface area contributed by atoms with Crippen LogP contribution >= 0.6 is 0 Å². The molecule has 0 saturated carbocycles. The molecule has 86 valence electrons. The Kier molecular flexibility index (Phi) is 3.25. The lowest BCUT2D eigenvalue weighted by molar-refractivity contribution is 0.0791. The van der Waals surface area contributed by atoms with Gasteiger partial charge in [-0.15, -0.1) is 0 Å². The van der Waals surface area contributed by atoms with E-state index in [9.17, 15) is 4.79 Å². The van der Waals surface area contributed by atoms with E-state index in [0.29, 0.717) is 6.54 Å². The van der Waals surface area contributed by atoms with Gasteiger partial charge in [-0.2, -0.15) is 0 Å². The maximum Gasteiger partial charge on any atom is 0.253 e. The molecule has 0 unspecified atom stereocenters. The first-order valence-corrected chi connectivity index (χ1v) is 5.84. The second kappa shape index (κ2) is 4.66. The fraction of sp³-hybridized carbons (Fsp3) is 0.462. The van der Waals surface area contributed by atoms with E-state index in [4.69, 9.17) is 5.73 Å². The summed E-state index contributed by atoms with van der Waals surface area (Å²) < 4.78 is 0. The summed E-state index contributed by atoms with van der Waals surface area (Å²) in [6.07, 6.45) is 1.92. The molecule has 16 heavy (non-hydrogen) atoms. The van der Waals surface area contributed by atoms with Gasteiger partial charge in [0.15, 0.2) is 0 Å². The number of aryl methyl sites for hydroxylation is 1. The molecule has 1 aromatic rings. The molecule has 1 heterocycles. The van der Waals surface area contributed by atoms with Crippen LogP contribution in [0, 0.1) is 0 Å². The molecule has 1 atom stereocenters. The summed E-state index contributed by atoms with van der Waals surface area (Å²) >= 11 is 0. The number of nitrogens with zero attached hydrogens (tertiary/aromatic N) is 1. The summed E-state index contributed by atoms with van der Waals surface area (Å²) in [6, 6.07) is 8.00. The van der Waals surface area contributed by atoms with Crippen molar-refractivity contribution in [1.29, 1.82) is 0 Å². The van der Waals surface area contributed by atoms with Crippen molar-refractivity contribution >= 4 is 5.91 Å². The second-order valence-electron chi connectivity index (χ2n) is 4.35. The van der Waals surface area contributed by atoms with Crippen molar-refractivity contribution in [2.75, 3.05) is 13.1 Å². The number of likely N-dealkylation sites (tertiary alicyclic amines) is 1. The normalized spacial score (nSPS) is 20.1. The lowest BCUT2D eigenvalue weighted by atomic mass is 10.1. The van der Waals surface area contributed by atoms with E-state index in [2.05, 4.69) is 6.92 Å². The number of hydrogen-bond donors (Lipinski definition) is 1. The molecule has 1 aliphatic rings. The van der Waals surface area contributed by atoms with Crippen molar-refractivity contribution in [1.82, 2.24) is 4.90 Å². The molecule has 1 amide bonds. The number of amides is 1. The van der Waals surface area contributed by atoms with Crippen molar-refractivity contribution in [3.63, 3.8) is 0 Å². The van der Waals surface area contributed by atoms with E-state index in [1.54, 1.807) is 0 Å². The SMILES string of the molecule is CCc1ccc(C(=O)N2CC[C@H](N)C2)cc1. The van der Waals surface area contributed by atoms with Gasteiger partial charge >= 0.3 is 0 Å². The quantitative estimate of drug-likeness (QED) is 0.816. The summed E-state index contributed by atoms with van der Waals surface area (Å²) in [7, 11) is 0. The molecule has 0 spiro atoms. The van der Waals surface area contributed by atoms with E-state index in [-0.39, 0.29) is 11.9 Å². The van der Waals surface area contributed by atoms with Crippen LogP contribution in [-0.4, -0.2) is 29.9 Å². The Bertz CT molecular complexity index is 372. The Labute approximate surface area is 96.2 Å². The summed E-state index contributed by atoms with van der Waals surface area (Å²) in [4.78, 5) is 13.9. The molecule has 0 aromatic heterocycles. The number of carbonyl (C=O) groups excluding carboxylic acids is 1. The number of benzene rings is 1. The average Bonchev–Trinajstić information content (AvgIpc) is 2.75. The molecular formula is C13H18N2O. The van der Waals surface area contributed by atoms with Gasteiger partial charge in [-0.05, 0) is 30.5 Å². The van der Waals surface area contributed by atoms with E-state index in [1.807, 2.05) is 29.2 Å². The molecule has 0 aliphatic carbocycles. The monoisotopic (exact) mass is 218 g/mol. The van der Waals surface area contributed by atoms with Crippen LogP contribution in [0.2, 0.25) is 0 Å². The molecular weight excluding hydrogens is 200 g/mol. The van der Waals surface area contributed by atoms with E-state index >= 15 is 0 Å². The zero-order chi connectivity index (χ0) is 11.5. The van der Waals surface area contributed by atoms with Gasteiger partial charge in [0.2, 0.25) is 0 Å². The van der Waals surface area contributed by atoms with Gasteiger partial charge in [-0.25, -0.2) is 0 Å². The first-order valence-electron chi connectivity index (χ1n) is 5.84. The number of hydrogen-bond acceptors (Lipinski definition) is 2. The molecule has 3 heteroatoms. The molecule has 2 N–H and O–H groups in total. The fourth-order valence-electron chi connectivity index (χ4n) is 2.04. The molecule has 1 saturated heterocycles. The highest BCUT2D eigenvalue weighted by molar-refractivity contribution is 5.94. The Balaban J connectivity index is 2.08. The minimum absolute atomic E-state index is 0.107. The molecule has 0 radical (unpaired) electrons. The first-order chi connectivity index (χ1) is 7.70. The zero-order valence-electron chi connectivity index (χ0n) is 9.65. The van der Waals surface area contributed by atoms with Gasteiger partial charge in [-0.3, -0.25) is 4.79 Å². The number of nitrogens with two attached hydrogens (primary N) is 1. The molecule has 0 bridgehead atoms. The molecule has 1 aromatic carbocycles. The standard InChI is InChI=1S/C13H18N2O/c1-2-10-3-5-11(6-4-10)13(16)15-8-7-12(14)9-15/h3-6,12H,2,7-9,14H2,1H3/t12-/m0/s1. The van der Waals surface area contributed by atoms with Crippen LogP contribution in [0.15, 0.2) is 24.3 Å². The van der Waals surface area contributed by atoms with Gasteiger partial charge in [0.05, 0.1) is 0 Å². The van der Waals surface area contributed by atoms with Gasteiger partial charge in [-0.1, -0.05) is 19.1 Å². The average molecular weight is 218 g/mol. The van der Waals surface area contributed by atoms with Crippen molar-refractivity contribution in [3.8, 4) is 0 Å². The van der Waals surface area contributed by atoms with Gasteiger partial charge in [0, 0.05) is 24.7 Å². The van der Waals surface area contributed by atoms with Crippen LogP contribution in [0.1, 0.15) is 29.3 Å². The predicted molar refractivity (Wildman–Crippen MR) is 64.3 cm³/mol. The smallest absolute Gasteiger partial charge is 0.253 e. The highest BCUT2D eigenvalue weighted by atomic mass is 16.2. The van der Waals surface area contributed by atoms with Crippen molar-refractivity contribution in [2.45, 2.75) is 25.8 Å². The van der Waals surface area contributed by atoms with Crippen LogP contribution in [0.4, 0.5) is 0 Å². The highest BCUT2D eigenvalue weighted by Gasteiger charge is 2.24. The Hall–Kier alpha value is -1.35. The van der Waals surface area contributed by atoms with Crippen LogP contribution < -0.4 is 5.73 Å². The Morgan fingerprint density at radius 3 is 2.62 bits per heavy atom. The lowest BCUT2D eigenvalue weighted by Gasteiger charge is -2.15. The van der Waals surface area contributed by atoms with E-state index in [0.717, 1.165) is 24.9 Å². The third-order valence-electron chi connectivity index (χ3n) is 3.12. The van der Waals surface area contributed by atoms with Crippen LogP contribution in [0.5, 0.6) is 0 Å². The first kappa shape index (κ1) is 11.1. The molecule has 2 rings (SSSR count). The number of rotatable bonds is 2. The van der Waals surface area contributed by atoms with Crippen molar-refractivity contribution in [2.24, 2.45) is 5.73 Å². The number of carbonyl (C=O) groups is 1. The van der Waals surface area contributed by atoms with Gasteiger partial charge < -0.3 is 10.6 Å². The van der Waals surface area contributed by atoms with Gasteiger partial charge in [0.1, 0.15) is 0 Å². The minimum atomic E-state index is 0.107. The molecule has 1 aliphatic heterocycles. The Morgan fingerprint density at radius 1 is 1.44 bits per heavy atom. The largest absolute Gasteiger partial charge is 0.337 e. The maximum absolute atomic E-state index is 12.1. The summed E-state index contributed by atoms with van der Waals surface area (Å²) in [5, 5.41) is 0. The summed E-state index contributed by atoms with van der Waals surface area (Å²) in [6.45, 7) is 3.58. The van der Waals surface area contributed by atoms with E-state index < -0.39 is 0 Å². The topological polar surface area (TPSA) is 46.3 Å². The van der Waals surface area contributed by atoms with Crippen molar-refractivity contribution in [3.05, 3.63) is 35.4 Å². The van der Waals surface area contributed by atoms with Crippen LogP contribution in [-0.2, 0) is 6.42 Å². The third-order valence-corrected chi connectivity index (χ3v) is 3.12. The van der Waals surface area contributed by atoms with Crippen molar-refractivity contribution < 1.29 is 4.79 Å². The van der Waals surface area contributed by atoms with Crippen LogP contribution in [0.3, 0.4) is 0 Å². The summed E-state index contributed by atoms with van der Waals surface area (Å²) in [5.41, 5.74) is 7.82. The highest BCUT2D eigenvalue weighted by Crippen LogP contribution is 2.13. The second-order valence-corrected chi connectivity index (χ2v) is 4.35. The molecule has 3 nitrogen and oxygen atoms in total. The Morgan fingerprint density at radius 2 is 2.12 bits per heavy atom. The molecule has 1 fully saturated rings.